The molecule has 0 saturated carbocycles. The summed E-state index contributed by atoms with van der Waals surface area (Å²) >= 11 is 0. The van der Waals surface area contributed by atoms with Crippen LogP contribution in [0.3, 0.4) is 0 Å². The largest absolute Gasteiger partial charge is 0.514 e. The van der Waals surface area contributed by atoms with Gasteiger partial charge in [0.1, 0.15) is 11.6 Å². The molecule has 0 radical (unpaired) electrons. The summed E-state index contributed by atoms with van der Waals surface area (Å²) in [5.41, 5.74) is -1.23. The molecule has 1 amide bonds. The number of ether oxygens (including phenoxy) is 3. The summed E-state index contributed by atoms with van der Waals surface area (Å²) < 4.78 is 13.8. The molecule has 0 bridgehead atoms. The van der Waals surface area contributed by atoms with E-state index >= 15 is 0 Å². The molecule has 31 heavy (non-hydrogen) atoms. The number of phenols is 1. The van der Waals surface area contributed by atoms with Crippen LogP contribution in [0.15, 0.2) is 17.7 Å². The molecule has 0 aliphatic heterocycles. The second kappa shape index (κ2) is 11.1. The number of hydrogen-bond acceptors (Lipinski definition) is 10. The van der Waals surface area contributed by atoms with Crippen molar-refractivity contribution in [2.75, 3.05) is 20.2 Å². The van der Waals surface area contributed by atoms with Crippen LogP contribution in [0.5, 0.6) is 11.5 Å². The third-order valence-corrected chi connectivity index (χ3v) is 3.99. The Labute approximate surface area is 177 Å². The Morgan fingerprint density at radius 1 is 1.32 bits per heavy atom. The van der Waals surface area contributed by atoms with E-state index in [4.69, 9.17) is 4.74 Å². The molecule has 12 heteroatoms. The monoisotopic (exact) mass is 435 g/mol. The average Bonchev–Trinajstić information content (AvgIpc) is 2.73. The number of phenolic OH excluding ortho intramolecular Hbond substituents is 1. The van der Waals surface area contributed by atoms with Crippen LogP contribution < -0.4 is 4.74 Å². The minimum atomic E-state index is -1.44. The summed E-state index contributed by atoms with van der Waals surface area (Å²) in [5, 5.41) is 30.6. The molecule has 1 rings (SSSR count). The zero-order valence-corrected chi connectivity index (χ0v) is 17.3. The quantitative estimate of drug-likeness (QED) is 0.159. The predicted molar refractivity (Wildman–Crippen MR) is 105 cm³/mol. The second-order valence-corrected chi connectivity index (χ2v) is 5.93. The van der Waals surface area contributed by atoms with Gasteiger partial charge in [-0.05, 0) is 38.5 Å². The Balaban J connectivity index is 3.36. The molecule has 1 N–H and O–H groups in total. The number of nitriles is 1. The molecular weight excluding hydrogens is 414 g/mol. The van der Waals surface area contributed by atoms with Crippen LogP contribution >= 0.6 is 0 Å². The van der Waals surface area contributed by atoms with E-state index in [1.54, 1.807) is 19.9 Å². The van der Waals surface area contributed by atoms with E-state index in [9.17, 15) is 34.9 Å². The summed E-state index contributed by atoms with van der Waals surface area (Å²) in [5.74, 6) is -3.14. The van der Waals surface area contributed by atoms with Gasteiger partial charge < -0.3 is 24.2 Å². The number of rotatable bonds is 8. The lowest BCUT2D eigenvalue weighted by Gasteiger charge is -2.17. The minimum Gasteiger partial charge on any atom is -0.499 e. The van der Waals surface area contributed by atoms with Crippen molar-refractivity contribution in [3.63, 3.8) is 0 Å². The first-order valence-electron chi connectivity index (χ1n) is 8.98. The van der Waals surface area contributed by atoms with Crippen LogP contribution in [-0.2, 0) is 19.1 Å². The van der Waals surface area contributed by atoms with E-state index in [1.165, 1.54) is 11.8 Å². The summed E-state index contributed by atoms with van der Waals surface area (Å²) in [7, 11) is 1.07. The molecule has 0 aliphatic rings. The number of likely N-dealkylation sites (N-methyl/N-ethyl adjacent to an activating group) is 1. The van der Waals surface area contributed by atoms with Crippen molar-refractivity contribution in [3.05, 3.63) is 33.4 Å². The molecule has 1 aromatic rings. The van der Waals surface area contributed by atoms with E-state index in [1.807, 2.05) is 0 Å². The molecule has 0 saturated heterocycles. The highest BCUT2D eigenvalue weighted by Gasteiger charge is 2.25. The maximum absolute atomic E-state index is 12.4. The predicted octanol–water partition coefficient (Wildman–Crippen LogP) is 2.15. The maximum atomic E-state index is 12.4. The van der Waals surface area contributed by atoms with Crippen molar-refractivity contribution >= 4 is 29.8 Å². The molecule has 0 fully saturated rings. The molecule has 0 spiro atoms. The average molecular weight is 435 g/mol. The van der Waals surface area contributed by atoms with E-state index in [2.05, 4.69) is 9.47 Å². The Bertz CT molecular complexity index is 946. The van der Waals surface area contributed by atoms with Gasteiger partial charge in [0.2, 0.25) is 5.75 Å². The Kier molecular flexibility index (Phi) is 8.95. The summed E-state index contributed by atoms with van der Waals surface area (Å²) in [6, 6.07) is 3.62. The fraction of sp³-hybridized carbons (Fsp3) is 0.368. The van der Waals surface area contributed by atoms with Crippen molar-refractivity contribution in [1.82, 2.24) is 4.90 Å². The van der Waals surface area contributed by atoms with Gasteiger partial charge in [-0.3, -0.25) is 14.9 Å². The van der Waals surface area contributed by atoms with Gasteiger partial charge in [0, 0.05) is 19.2 Å². The number of nitrogens with zero attached hydrogens (tertiary/aromatic N) is 3. The number of carbonyl (C=O) groups excluding carboxylic acids is 3. The number of amides is 1. The van der Waals surface area contributed by atoms with Gasteiger partial charge in [0.05, 0.1) is 12.0 Å². The topological polar surface area (TPSA) is 169 Å². The fourth-order valence-electron chi connectivity index (χ4n) is 2.38. The smallest absolute Gasteiger partial charge is 0.499 e. The molecule has 1 aromatic carbocycles. The number of nitro benzene ring substituents is 1. The highest BCUT2D eigenvalue weighted by atomic mass is 16.7. The molecule has 1 unspecified atom stereocenters. The van der Waals surface area contributed by atoms with E-state index in [0.29, 0.717) is 13.1 Å². The number of hydrogen-bond donors (Lipinski definition) is 1. The summed E-state index contributed by atoms with van der Waals surface area (Å²) in [6.45, 7) is 5.31. The normalized spacial score (nSPS) is 11.6. The number of esters is 1. The molecular formula is C19H21N3O9. The number of nitro groups is 1. The fourth-order valence-corrected chi connectivity index (χ4v) is 2.38. The van der Waals surface area contributed by atoms with Gasteiger partial charge in [-0.25, -0.2) is 9.59 Å². The maximum Gasteiger partial charge on any atom is 0.514 e. The lowest BCUT2D eigenvalue weighted by molar-refractivity contribution is -0.385. The first-order valence-corrected chi connectivity index (χ1v) is 8.98. The van der Waals surface area contributed by atoms with Crippen LogP contribution in [-0.4, -0.2) is 59.3 Å². The number of methoxy groups -OCH3 is 1. The van der Waals surface area contributed by atoms with Crippen molar-refractivity contribution in [1.29, 1.82) is 5.26 Å². The molecule has 12 nitrogen and oxygen atoms in total. The van der Waals surface area contributed by atoms with E-state index in [0.717, 1.165) is 25.3 Å². The van der Waals surface area contributed by atoms with E-state index < -0.39 is 46.2 Å². The van der Waals surface area contributed by atoms with Crippen LogP contribution in [0, 0.1) is 21.4 Å². The summed E-state index contributed by atoms with van der Waals surface area (Å²) in [6.07, 6.45) is -1.72. The molecule has 0 aromatic heterocycles. The first kappa shape index (κ1) is 24.9. The zero-order valence-electron chi connectivity index (χ0n) is 17.3. The van der Waals surface area contributed by atoms with Crippen molar-refractivity contribution in [2.45, 2.75) is 26.9 Å². The highest BCUT2D eigenvalue weighted by Crippen LogP contribution is 2.38. The number of benzene rings is 1. The van der Waals surface area contributed by atoms with Gasteiger partial charge >= 0.3 is 17.8 Å². The highest BCUT2D eigenvalue weighted by molar-refractivity contribution is 6.01. The SMILES string of the molecule is CCN(CC)C(=O)/C(C#N)=C/c1cc(OC(=O)OC(C)C(=O)OC)c(O)c([N+](=O)[O-])c1. The molecule has 0 heterocycles. The Hall–Kier alpha value is -4.14. The second-order valence-electron chi connectivity index (χ2n) is 5.93. The standard InChI is InChI=1S/C19H21N3O9/c1-5-21(6-2)17(24)13(10-20)7-12-8-14(22(27)28)16(23)15(9-12)31-19(26)30-11(3)18(25)29-4/h7-9,11,23H,5-6H2,1-4H3/b13-7+. The van der Waals surface area contributed by atoms with Crippen molar-refractivity contribution in [2.24, 2.45) is 0 Å². The van der Waals surface area contributed by atoms with Gasteiger partial charge in [-0.2, -0.15) is 5.26 Å². The van der Waals surface area contributed by atoms with Crippen LogP contribution in [0.25, 0.3) is 6.08 Å². The zero-order chi connectivity index (χ0) is 23.7. The van der Waals surface area contributed by atoms with Crippen LogP contribution in [0.4, 0.5) is 10.5 Å². The molecule has 1 atom stereocenters. The third-order valence-electron chi connectivity index (χ3n) is 3.99. The number of aromatic hydroxyl groups is 1. The first-order chi connectivity index (χ1) is 14.6. The van der Waals surface area contributed by atoms with Gasteiger partial charge in [0.25, 0.3) is 5.91 Å². The van der Waals surface area contributed by atoms with E-state index in [-0.39, 0.29) is 11.1 Å². The van der Waals surface area contributed by atoms with Crippen molar-refractivity contribution in [3.8, 4) is 17.6 Å². The van der Waals surface area contributed by atoms with Crippen LogP contribution in [0.1, 0.15) is 26.3 Å². The van der Waals surface area contributed by atoms with Gasteiger partial charge in [0.15, 0.2) is 11.9 Å². The van der Waals surface area contributed by atoms with Crippen molar-refractivity contribution < 1.29 is 38.6 Å². The lowest BCUT2D eigenvalue weighted by atomic mass is 10.1. The minimum absolute atomic E-state index is 0.0645. The van der Waals surface area contributed by atoms with Gasteiger partial charge in [-0.1, -0.05) is 0 Å². The van der Waals surface area contributed by atoms with Crippen LogP contribution in [0.2, 0.25) is 0 Å². The summed E-state index contributed by atoms with van der Waals surface area (Å²) in [4.78, 5) is 47.3. The molecule has 166 valence electrons. The molecule has 0 aliphatic carbocycles. The number of carbonyl (C=O) groups is 3. The third kappa shape index (κ3) is 6.43. The lowest BCUT2D eigenvalue weighted by Crippen LogP contribution is -2.31. The Morgan fingerprint density at radius 2 is 1.94 bits per heavy atom. The Morgan fingerprint density at radius 3 is 2.42 bits per heavy atom. The van der Waals surface area contributed by atoms with Gasteiger partial charge in [-0.15, -0.1) is 0 Å².